The van der Waals surface area contributed by atoms with Gasteiger partial charge in [-0.3, -0.25) is 14.4 Å². The molecule has 0 heterocycles. The van der Waals surface area contributed by atoms with Gasteiger partial charge < -0.3 is 14.2 Å². The number of carbonyl (C=O) groups is 3. The molecule has 1 unspecified atom stereocenters. The van der Waals surface area contributed by atoms with Crippen LogP contribution in [-0.2, 0) is 28.6 Å². The van der Waals surface area contributed by atoms with Gasteiger partial charge in [0.25, 0.3) is 0 Å². The fourth-order valence-electron chi connectivity index (χ4n) is 9.87. The highest BCUT2D eigenvalue weighted by Gasteiger charge is 2.19. The van der Waals surface area contributed by atoms with E-state index in [1.54, 1.807) is 0 Å². The summed E-state index contributed by atoms with van der Waals surface area (Å²) < 4.78 is 16.9. The van der Waals surface area contributed by atoms with Crippen LogP contribution in [0.15, 0.2) is 97.2 Å². The number of carbonyl (C=O) groups excluding carboxylic acids is 3. The molecule has 0 bridgehead atoms. The Hall–Kier alpha value is -3.67. The molecular formula is C75H130O6. The fourth-order valence-corrected chi connectivity index (χ4v) is 9.87. The maximum atomic E-state index is 12.9. The average Bonchev–Trinajstić information content (AvgIpc) is 3.46. The van der Waals surface area contributed by atoms with Gasteiger partial charge in [-0.1, -0.05) is 311 Å². The maximum Gasteiger partial charge on any atom is 0.306 e. The lowest BCUT2D eigenvalue weighted by atomic mass is 10.0. The molecule has 0 saturated heterocycles. The van der Waals surface area contributed by atoms with Crippen LogP contribution < -0.4 is 0 Å². The summed E-state index contributed by atoms with van der Waals surface area (Å²) in [7, 11) is 0. The summed E-state index contributed by atoms with van der Waals surface area (Å²) in [6.07, 6.45) is 93.2. The summed E-state index contributed by atoms with van der Waals surface area (Å²) >= 11 is 0. The van der Waals surface area contributed by atoms with E-state index in [-0.39, 0.29) is 37.5 Å². The summed E-state index contributed by atoms with van der Waals surface area (Å²) in [4.78, 5) is 38.3. The molecule has 0 aliphatic heterocycles. The van der Waals surface area contributed by atoms with Crippen molar-refractivity contribution in [3.8, 4) is 0 Å². The molecule has 1 atom stereocenters. The van der Waals surface area contributed by atoms with E-state index < -0.39 is 6.10 Å². The number of hydrogen-bond acceptors (Lipinski definition) is 6. The van der Waals surface area contributed by atoms with E-state index >= 15 is 0 Å². The molecule has 0 N–H and O–H groups in total. The molecule has 0 aromatic carbocycles. The van der Waals surface area contributed by atoms with Crippen molar-refractivity contribution >= 4 is 17.9 Å². The predicted molar refractivity (Wildman–Crippen MR) is 353 cm³/mol. The van der Waals surface area contributed by atoms with E-state index in [0.29, 0.717) is 19.3 Å². The van der Waals surface area contributed by atoms with Crippen LogP contribution in [0.1, 0.15) is 342 Å². The number of allylic oxidation sites excluding steroid dienone is 16. The first-order valence-corrected chi connectivity index (χ1v) is 34.7. The van der Waals surface area contributed by atoms with Crippen LogP contribution in [0.2, 0.25) is 0 Å². The van der Waals surface area contributed by atoms with Crippen molar-refractivity contribution in [2.75, 3.05) is 13.2 Å². The Balaban J connectivity index is 4.18. The van der Waals surface area contributed by atoms with Crippen molar-refractivity contribution in [3.05, 3.63) is 97.2 Å². The Morgan fingerprint density at radius 3 is 0.852 bits per heavy atom. The minimum atomic E-state index is -0.811. The van der Waals surface area contributed by atoms with Crippen molar-refractivity contribution in [1.29, 1.82) is 0 Å². The molecule has 0 amide bonds. The first kappa shape index (κ1) is 77.3. The molecule has 6 nitrogen and oxygen atoms in total. The van der Waals surface area contributed by atoms with E-state index in [1.807, 2.05) is 6.08 Å². The predicted octanol–water partition coefficient (Wildman–Crippen LogP) is 24.0. The minimum absolute atomic E-state index is 0.100. The summed E-state index contributed by atoms with van der Waals surface area (Å²) in [6, 6.07) is 0. The number of unbranched alkanes of at least 4 members (excludes halogenated alkanes) is 36. The van der Waals surface area contributed by atoms with E-state index in [1.165, 1.54) is 212 Å². The second-order valence-corrected chi connectivity index (χ2v) is 23.1. The summed E-state index contributed by atoms with van der Waals surface area (Å²) in [5.41, 5.74) is 0. The van der Waals surface area contributed by atoms with Gasteiger partial charge in [-0.05, 0) is 109 Å². The summed E-state index contributed by atoms with van der Waals surface area (Å²) in [5, 5.41) is 0. The van der Waals surface area contributed by atoms with Gasteiger partial charge in [0.1, 0.15) is 13.2 Å². The SMILES string of the molecule is CC/C=C\C/C=C\C/C=C\C/C=C\CCC(=O)OCC(COC(=O)CCCCCCCCCCCCCCCCCCCCCCC/C=C\C/C=C\CCCCCCC)OC(=O)CCCCCCCCC/C=C\C/C=C\CCCCC. The second kappa shape index (κ2) is 68.8. The van der Waals surface area contributed by atoms with Gasteiger partial charge in [-0.2, -0.15) is 0 Å². The molecule has 0 saturated carbocycles. The number of rotatable bonds is 63. The number of esters is 3. The molecule has 0 radical (unpaired) electrons. The van der Waals surface area contributed by atoms with Crippen LogP contribution in [0.4, 0.5) is 0 Å². The lowest BCUT2D eigenvalue weighted by molar-refractivity contribution is -0.166. The van der Waals surface area contributed by atoms with Crippen LogP contribution in [0.25, 0.3) is 0 Å². The quantitative estimate of drug-likeness (QED) is 0.0261. The lowest BCUT2D eigenvalue weighted by Crippen LogP contribution is -2.30. The topological polar surface area (TPSA) is 78.9 Å². The highest BCUT2D eigenvalue weighted by atomic mass is 16.6. The maximum absolute atomic E-state index is 12.9. The number of ether oxygens (including phenoxy) is 3. The Morgan fingerprint density at radius 1 is 0.259 bits per heavy atom. The van der Waals surface area contributed by atoms with Gasteiger partial charge in [-0.15, -0.1) is 0 Å². The molecule has 0 aliphatic rings. The van der Waals surface area contributed by atoms with Crippen LogP contribution in [-0.4, -0.2) is 37.2 Å². The highest BCUT2D eigenvalue weighted by molar-refractivity contribution is 5.71. The molecule has 0 fully saturated rings. The Kier molecular flexibility index (Phi) is 65.7. The van der Waals surface area contributed by atoms with Crippen molar-refractivity contribution < 1.29 is 28.6 Å². The zero-order valence-corrected chi connectivity index (χ0v) is 53.5. The van der Waals surface area contributed by atoms with Crippen LogP contribution >= 0.6 is 0 Å². The Bertz CT molecular complexity index is 1580. The molecular weight excluding hydrogens is 997 g/mol. The smallest absolute Gasteiger partial charge is 0.306 e. The van der Waals surface area contributed by atoms with Crippen LogP contribution in [0.5, 0.6) is 0 Å². The van der Waals surface area contributed by atoms with Crippen LogP contribution in [0, 0.1) is 0 Å². The largest absolute Gasteiger partial charge is 0.462 e. The summed E-state index contributed by atoms with van der Waals surface area (Å²) in [6.45, 7) is 6.45. The van der Waals surface area contributed by atoms with Gasteiger partial charge in [0.05, 0.1) is 0 Å². The minimum Gasteiger partial charge on any atom is -0.462 e. The lowest BCUT2D eigenvalue weighted by Gasteiger charge is -2.18. The third kappa shape index (κ3) is 67.0. The first-order chi connectivity index (χ1) is 40.0. The zero-order chi connectivity index (χ0) is 58.5. The van der Waals surface area contributed by atoms with Crippen molar-refractivity contribution in [2.24, 2.45) is 0 Å². The number of hydrogen-bond donors (Lipinski definition) is 0. The van der Waals surface area contributed by atoms with Gasteiger partial charge >= 0.3 is 17.9 Å². The van der Waals surface area contributed by atoms with Gasteiger partial charge in [0, 0.05) is 19.3 Å². The Labute approximate surface area is 502 Å². The van der Waals surface area contributed by atoms with Crippen molar-refractivity contribution in [3.63, 3.8) is 0 Å². The van der Waals surface area contributed by atoms with Crippen molar-refractivity contribution in [2.45, 2.75) is 348 Å². The standard InChI is InChI=1S/C75H130O6/c1-4-7-10-13-16-19-22-25-27-29-30-31-32-33-34-35-36-37-38-39-40-41-42-43-44-46-47-50-53-56-59-62-65-68-74(77)80-71-72(70-79-73(76)67-64-61-58-55-52-49-24-21-18-15-12-9-6-3)81-75(78)69-66-63-60-57-54-51-48-45-28-26-23-20-17-14-11-8-5-2/h9,12,17-18,20-22,25-26,28-30,49,52,58,61,72H,4-8,10-11,13-16,19,23-24,27,31-48,50-51,53-57,59-60,62-71H2,1-3H3/b12-9-,20-17-,21-18-,25-22-,28-26-,30-29-,52-49-,61-58-. The van der Waals surface area contributed by atoms with E-state index in [4.69, 9.17) is 14.2 Å². The third-order valence-electron chi connectivity index (χ3n) is 15.1. The van der Waals surface area contributed by atoms with E-state index in [0.717, 1.165) is 83.5 Å². The molecule has 466 valence electrons. The molecule has 0 aromatic rings. The van der Waals surface area contributed by atoms with Crippen LogP contribution in [0.3, 0.4) is 0 Å². The molecule has 0 aromatic heterocycles. The average molecular weight is 1130 g/mol. The van der Waals surface area contributed by atoms with E-state index in [2.05, 4.69) is 112 Å². The molecule has 0 rings (SSSR count). The van der Waals surface area contributed by atoms with Gasteiger partial charge in [0.15, 0.2) is 6.10 Å². The Morgan fingerprint density at radius 2 is 0.506 bits per heavy atom. The molecule has 81 heavy (non-hydrogen) atoms. The summed E-state index contributed by atoms with van der Waals surface area (Å²) in [5.74, 6) is -0.981. The van der Waals surface area contributed by atoms with Gasteiger partial charge in [0.2, 0.25) is 0 Å². The molecule has 0 aliphatic carbocycles. The zero-order valence-electron chi connectivity index (χ0n) is 53.5. The fraction of sp³-hybridized carbons (Fsp3) is 0.747. The van der Waals surface area contributed by atoms with Gasteiger partial charge in [-0.25, -0.2) is 0 Å². The monoisotopic (exact) mass is 1130 g/mol. The second-order valence-electron chi connectivity index (χ2n) is 23.1. The highest BCUT2D eigenvalue weighted by Crippen LogP contribution is 2.17. The van der Waals surface area contributed by atoms with Crippen molar-refractivity contribution in [1.82, 2.24) is 0 Å². The van der Waals surface area contributed by atoms with E-state index in [9.17, 15) is 14.4 Å². The first-order valence-electron chi connectivity index (χ1n) is 34.7. The molecule has 6 heteroatoms. The normalized spacial score (nSPS) is 12.7. The molecule has 0 spiro atoms. The third-order valence-corrected chi connectivity index (χ3v) is 15.1.